The van der Waals surface area contributed by atoms with E-state index in [-0.39, 0.29) is 0 Å². The molecule has 4 aromatic carbocycles. The Morgan fingerprint density at radius 2 is 1.47 bits per heavy atom. The molecule has 0 spiro atoms. The van der Waals surface area contributed by atoms with Crippen LogP contribution in [0.1, 0.15) is 40.9 Å². The summed E-state index contributed by atoms with van der Waals surface area (Å²) in [6.45, 7) is 2.19. The zero-order valence-electron chi connectivity index (χ0n) is 23.7. The van der Waals surface area contributed by atoms with Crippen LogP contribution in [-0.4, -0.2) is 15.0 Å². The van der Waals surface area contributed by atoms with Crippen molar-refractivity contribution < 1.29 is 4.42 Å². The van der Waals surface area contributed by atoms with Crippen molar-refractivity contribution in [2.45, 2.75) is 25.7 Å². The maximum atomic E-state index is 6.67. The molecule has 43 heavy (non-hydrogen) atoms. The highest BCUT2D eigenvalue weighted by molar-refractivity contribution is 6.35. The van der Waals surface area contributed by atoms with E-state index in [0.29, 0.717) is 39.9 Å². The van der Waals surface area contributed by atoms with Gasteiger partial charge < -0.3 is 4.42 Å². The Morgan fingerprint density at radius 3 is 2.28 bits per heavy atom. The highest BCUT2D eigenvalue weighted by atomic mass is 35.5. The first kappa shape index (κ1) is 25.9. The minimum Gasteiger partial charge on any atom is -0.459 e. The van der Waals surface area contributed by atoms with Gasteiger partial charge in [0.05, 0.1) is 5.02 Å². The Bertz CT molecular complexity index is 2060. The van der Waals surface area contributed by atoms with E-state index in [4.69, 9.17) is 31.0 Å². The van der Waals surface area contributed by atoms with Crippen molar-refractivity contribution in [1.82, 2.24) is 15.0 Å². The molecule has 0 aliphatic heterocycles. The Labute approximate surface area is 255 Å². The second kappa shape index (κ2) is 10.5. The van der Waals surface area contributed by atoms with Gasteiger partial charge in [-0.05, 0) is 47.2 Å². The lowest BCUT2D eigenvalue weighted by atomic mass is 9.84. The molecule has 4 nitrogen and oxygen atoms in total. The van der Waals surface area contributed by atoms with Crippen LogP contribution in [0.2, 0.25) is 5.02 Å². The molecule has 6 aromatic rings. The fraction of sp³-hybridized carbons (Fsp3) is 0.132. The minimum atomic E-state index is 0.373. The van der Waals surface area contributed by atoms with E-state index in [1.807, 2.05) is 42.5 Å². The van der Waals surface area contributed by atoms with Crippen molar-refractivity contribution in [3.8, 4) is 34.2 Å². The van der Waals surface area contributed by atoms with Gasteiger partial charge in [0, 0.05) is 40.0 Å². The van der Waals surface area contributed by atoms with Gasteiger partial charge in [-0.15, -0.1) is 0 Å². The monoisotopic (exact) mass is 577 g/mol. The lowest BCUT2D eigenvalue weighted by Crippen LogP contribution is -2.06. The van der Waals surface area contributed by atoms with E-state index in [1.165, 1.54) is 16.7 Å². The minimum absolute atomic E-state index is 0.373. The van der Waals surface area contributed by atoms with Crippen molar-refractivity contribution in [3.63, 3.8) is 0 Å². The molecular formula is C38H28ClN3O. The molecule has 0 saturated heterocycles. The summed E-state index contributed by atoms with van der Waals surface area (Å²) in [6.07, 6.45) is 10.7. The summed E-state index contributed by atoms with van der Waals surface area (Å²) < 4.78 is 6.32. The quantitative estimate of drug-likeness (QED) is 0.209. The Hall–Kier alpha value is -4.80. The predicted octanol–water partition coefficient (Wildman–Crippen LogP) is 9.83. The second-order valence-electron chi connectivity index (χ2n) is 11.4. The number of benzene rings is 4. The molecule has 0 radical (unpaired) electrons. The number of furan rings is 1. The predicted molar refractivity (Wildman–Crippen MR) is 175 cm³/mol. The smallest absolute Gasteiger partial charge is 0.164 e. The van der Waals surface area contributed by atoms with Gasteiger partial charge in [0.15, 0.2) is 23.1 Å². The van der Waals surface area contributed by atoms with Crippen LogP contribution >= 0.6 is 11.6 Å². The second-order valence-corrected chi connectivity index (χ2v) is 11.9. The maximum absolute atomic E-state index is 6.67. The van der Waals surface area contributed by atoms with Crippen LogP contribution < -0.4 is 0 Å². The molecule has 8 rings (SSSR count). The summed E-state index contributed by atoms with van der Waals surface area (Å²) in [5, 5.41) is 1.53. The summed E-state index contributed by atoms with van der Waals surface area (Å²) >= 11 is 6.67. The lowest BCUT2D eigenvalue weighted by molar-refractivity contribution is 0.513. The van der Waals surface area contributed by atoms with Gasteiger partial charge in [0.1, 0.15) is 5.76 Å². The first-order chi connectivity index (χ1) is 21.1. The van der Waals surface area contributed by atoms with E-state index >= 15 is 0 Å². The third-order valence-electron chi connectivity index (χ3n) is 8.49. The highest BCUT2D eigenvalue weighted by Gasteiger charge is 2.24. The van der Waals surface area contributed by atoms with E-state index in [9.17, 15) is 0 Å². The van der Waals surface area contributed by atoms with E-state index < -0.39 is 0 Å². The Morgan fingerprint density at radius 1 is 0.721 bits per heavy atom. The number of aromatic nitrogens is 3. The number of nitrogens with zero attached hydrogens (tertiary/aromatic N) is 3. The third-order valence-corrected chi connectivity index (χ3v) is 8.79. The summed E-state index contributed by atoms with van der Waals surface area (Å²) in [7, 11) is 0. The number of rotatable bonds is 4. The summed E-state index contributed by atoms with van der Waals surface area (Å²) in [5.74, 6) is 3.59. The van der Waals surface area contributed by atoms with Gasteiger partial charge in [0.2, 0.25) is 0 Å². The third kappa shape index (κ3) is 4.68. The zero-order valence-corrected chi connectivity index (χ0v) is 24.4. The van der Waals surface area contributed by atoms with Crippen LogP contribution in [0.25, 0.3) is 57.3 Å². The van der Waals surface area contributed by atoms with Crippen molar-refractivity contribution in [1.29, 1.82) is 0 Å². The van der Waals surface area contributed by atoms with Crippen molar-refractivity contribution >= 4 is 34.7 Å². The first-order valence-electron chi connectivity index (χ1n) is 14.7. The summed E-state index contributed by atoms with van der Waals surface area (Å²) in [5.41, 5.74) is 8.36. The summed E-state index contributed by atoms with van der Waals surface area (Å²) in [4.78, 5) is 15.1. The number of halogens is 1. The van der Waals surface area contributed by atoms with E-state index in [2.05, 4.69) is 79.8 Å². The van der Waals surface area contributed by atoms with Crippen molar-refractivity contribution in [3.05, 3.63) is 136 Å². The molecule has 0 amide bonds. The zero-order chi connectivity index (χ0) is 28.9. The molecule has 2 aromatic heterocycles. The topological polar surface area (TPSA) is 51.8 Å². The van der Waals surface area contributed by atoms with Crippen LogP contribution in [0.4, 0.5) is 0 Å². The number of fused-ring (bicyclic) bond motifs is 4. The van der Waals surface area contributed by atoms with Gasteiger partial charge in [-0.25, -0.2) is 15.0 Å². The van der Waals surface area contributed by atoms with Crippen LogP contribution in [0.5, 0.6) is 0 Å². The van der Waals surface area contributed by atoms with Crippen molar-refractivity contribution in [2.24, 2.45) is 5.92 Å². The SMILES string of the molecule is CC1C=Cc2c(oc3c(Cl)ccc(-c4nc(-c5ccccc5)nc(-c5ccc6c(c5)C=CC(c5ccccc5)C6)n4)c23)C1. The molecule has 0 N–H and O–H groups in total. The van der Waals surface area contributed by atoms with Gasteiger partial charge in [0.25, 0.3) is 0 Å². The maximum Gasteiger partial charge on any atom is 0.164 e. The van der Waals surface area contributed by atoms with E-state index in [0.717, 1.165) is 46.2 Å². The highest BCUT2D eigenvalue weighted by Crippen LogP contribution is 2.41. The average molecular weight is 578 g/mol. The van der Waals surface area contributed by atoms with Crippen LogP contribution in [0.15, 0.2) is 108 Å². The molecule has 2 atom stereocenters. The molecular weight excluding hydrogens is 550 g/mol. The summed E-state index contributed by atoms with van der Waals surface area (Å²) in [6, 6.07) is 31.2. The molecule has 0 saturated carbocycles. The molecule has 2 aliphatic rings. The lowest BCUT2D eigenvalue weighted by Gasteiger charge is -2.20. The fourth-order valence-electron chi connectivity index (χ4n) is 6.25. The molecule has 5 heteroatoms. The Kier molecular flexibility index (Phi) is 6.31. The molecule has 2 unspecified atom stereocenters. The van der Waals surface area contributed by atoms with Crippen LogP contribution in [0.3, 0.4) is 0 Å². The Balaban J connectivity index is 1.27. The number of hydrogen-bond acceptors (Lipinski definition) is 4. The van der Waals surface area contributed by atoms with Crippen molar-refractivity contribution in [2.75, 3.05) is 0 Å². The molecule has 0 fully saturated rings. The average Bonchev–Trinajstić information content (AvgIpc) is 3.44. The van der Waals surface area contributed by atoms with Crippen LogP contribution in [0, 0.1) is 5.92 Å². The normalized spacial score (nSPS) is 17.2. The molecule has 2 heterocycles. The van der Waals surface area contributed by atoms with Gasteiger partial charge >= 0.3 is 0 Å². The standard InChI is InChI=1S/C38H28ClN3O/c1-23-12-17-30-33(20-23)43-35-32(39)19-18-31(34(30)35)38-41-36(25-10-6-3-7-11-25)40-37(42-38)29-16-15-27-21-26(13-14-28(27)22-29)24-8-4-2-5-9-24/h2-19,22-23,26H,20-21H2,1H3. The molecule has 208 valence electrons. The molecule has 0 bridgehead atoms. The number of allylic oxidation sites excluding steroid dienone is 2. The fourth-order valence-corrected chi connectivity index (χ4v) is 6.44. The number of hydrogen-bond donors (Lipinski definition) is 0. The van der Waals surface area contributed by atoms with Gasteiger partial charge in [-0.2, -0.15) is 0 Å². The van der Waals surface area contributed by atoms with Gasteiger partial charge in [-0.3, -0.25) is 0 Å². The van der Waals surface area contributed by atoms with Crippen LogP contribution in [-0.2, 0) is 12.8 Å². The largest absolute Gasteiger partial charge is 0.459 e. The first-order valence-corrected chi connectivity index (χ1v) is 15.1. The van der Waals surface area contributed by atoms with E-state index in [1.54, 1.807) is 0 Å². The van der Waals surface area contributed by atoms with Gasteiger partial charge in [-0.1, -0.05) is 116 Å². The molecule has 2 aliphatic carbocycles.